The van der Waals surface area contributed by atoms with Crippen molar-refractivity contribution in [3.63, 3.8) is 0 Å². The first-order valence-electron chi connectivity index (χ1n) is 6.84. The molecule has 0 aromatic heterocycles. The van der Waals surface area contributed by atoms with Gasteiger partial charge < -0.3 is 14.8 Å². The second kappa shape index (κ2) is 7.33. The minimum absolute atomic E-state index is 0.222. The van der Waals surface area contributed by atoms with Crippen LogP contribution in [0, 0.1) is 5.92 Å². The van der Waals surface area contributed by atoms with Crippen LogP contribution >= 0.6 is 0 Å². The van der Waals surface area contributed by atoms with E-state index < -0.39 is 0 Å². The Morgan fingerprint density at radius 2 is 1.76 bits per heavy atom. The highest BCUT2D eigenvalue weighted by Gasteiger charge is 2.13. The second-order valence-corrected chi connectivity index (χ2v) is 4.72. The number of methoxy groups -OCH3 is 1. The highest BCUT2D eigenvalue weighted by atomic mass is 16.5. The predicted octanol–water partition coefficient (Wildman–Crippen LogP) is 3.70. The van der Waals surface area contributed by atoms with Crippen molar-refractivity contribution in [2.75, 3.05) is 19.0 Å². The molecule has 0 amide bonds. The predicted molar refractivity (Wildman–Crippen MR) is 82.6 cm³/mol. The average molecular weight is 285 g/mol. The zero-order chi connectivity index (χ0) is 15.1. The molecule has 4 nitrogen and oxygen atoms in total. The molecule has 0 heterocycles. The minimum Gasteiger partial charge on any atom is -0.469 e. The molecule has 0 aliphatic carbocycles. The number of rotatable bonds is 6. The Labute approximate surface area is 124 Å². The van der Waals surface area contributed by atoms with Crippen LogP contribution in [0.25, 0.3) is 0 Å². The van der Waals surface area contributed by atoms with Crippen molar-refractivity contribution >= 4 is 11.7 Å². The third-order valence-corrected chi connectivity index (χ3v) is 3.06. The summed E-state index contributed by atoms with van der Waals surface area (Å²) in [4.78, 5) is 11.4. The summed E-state index contributed by atoms with van der Waals surface area (Å²) in [7, 11) is 1.39. The summed E-state index contributed by atoms with van der Waals surface area (Å²) in [5, 5.41) is 3.22. The van der Waals surface area contributed by atoms with Crippen LogP contribution in [0.5, 0.6) is 11.5 Å². The summed E-state index contributed by atoms with van der Waals surface area (Å²) >= 11 is 0. The molecule has 0 saturated heterocycles. The molecule has 0 saturated carbocycles. The molecule has 1 atom stereocenters. The van der Waals surface area contributed by atoms with Gasteiger partial charge in [-0.15, -0.1) is 0 Å². The molecule has 0 radical (unpaired) electrons. The third-order valence-electron chi connectivity index (χ3n) is 3.06. The van der Waals surface area contributed by atoms with Gasteiger partial charge in [0, 0.05) is 6.54 Å². The molecule has 0 bridgehead atoms. The fourth-order valence-corrected chi connectivity index (χ4v) is 1.86. The Hall–Kier alpha value is -2.49. The lowest BCUT2D eigenvalue weighted by atomic mass is 10.2. The van der Waals surface area contributed by atoms with Crippen molar-refractivity contribution in [1.29, 1.82) is 0 Å². The Bertz CT molecular complexity index is 584. The molecular weight excluding hydrogens is 266 g/mol. The van der Waals surface area contributed by atoms with Crippen LogP contribution in [0.3, 0.4) is 0 Å². The van der Waals surface area contributed by atoms with Gasteiger partial charge in [0.25, 0.3) is 0 Å². The van der Waals surface area contributed by atoms with E-state index >= 15 is 0 Å². The average Bonchev–Trinajstić information content (AvgIpc) is 2.54. The van der Waals surface area contributed by atoms with E-state index in [0.717, 1.165) is 17.2 Å². The maximum Gasteiger partial charge on any atom is 0.310 e. The number of esters is 1. The summed E-state index contributed by atoms with van der Waals surface area (Å²) < 4.78 is 10.6. The number of benzene rings is 2. The topological polar surface area (TPSA) is 47.6 Å². The zero-order valence-corrected chi connectivity index (χ0v) is 12.2. The van der Waals surface area contributed by atoms with Gasteiger partial charge in [0.2, 0.25) is 0 Å². The van der Waals surface area contributed by atoms with Gasteiger partial charge in [0.15, 0.2) is 5.75 Å². The largest absolute Gasteiger partial charge is 0.469 e. The standard InChI is InChI=1S/C17H19NO3/c1-13(17(19)20-2)12-18-15-10-6-7-11-16(15)21-14-8-4-3-5-9-14/h3-11,13,18H,12H2,1-2H3. The van der Waals surface area contributed by atoms with Crippen molar-refractivity contribution in [2.24, 2.45) is 5.92 Å². The van der Waals surface area contributed by atoms with E-state index in [9.17, 15) is 4.79 Å². The van der Waals surface area contributed by atoms with Crippen molar-refractivity contribution in [3.8, 4) is 11.5 Å². The highest BCUT2D eigenvalue weighted by molar-refractivity contribution is 5.72. The lowest BCUT2D eigenvalue weighted by Crippen LogP contribution is -2.21. The number of nitrogens with one attached hydrogen (secondary N) is 1. The molecule has 4 heteroatoms. The van der Waals surface area contributed by atoms with Crippen LogP contribution in [-0.2, 0) is 9.53 Å². The van der Waals surface area contributed by atoms with E-state index in [1.165, 1.54) is 7.11 Å². The fourth-order valence-electron chi connectivity index (χ4n) is 1.86. The van der Waals surface area contributed by atoms with E-state index in [1.54, 1.807) is 0 Å². The van der Waals surface area contributed by atoms with Crippen LogP contribution in [0.4, 0.5) is 5.69 Å². The molecule has 0 aliphatic heterocycles. The third kappa shape index (κ3) is 4.24. The van der Waals surface area contributed by atoms with E-state index in [2.05, 4.69) is 5.32 Å². The van der Waals surface area contributed by atoms with Crippen LogP contribution in [0.15, 0.2) is 54.6 Å². The number of hydrogen-bond donors (Lipinski definition) is 1. The Morgan fingerprint density at radius 1 is 1.10 bits per heavy atom. The van der Waals surface area contributed by atoms with Crippen LogP contribution in [0.1, 0.15) is 6.92 Å². The summed E-state index contributed by atoms with van der Waals surface area (Å²) in [6.45, 7) is 2.31. The van der Waals surface area contributed by atoms with Crippen molar-refractivity contribution < 1.29 is 14.3 Å². The quantitative estimate of drug-likeness (QED) is 0.822. The van der Waals surface area contributed by atoms with E-state index in [1.807, 2.05) is 61.5 Å². The number of para-hydroxylation sites is 3. The molecule has 1 unspecified atom stereocenters. The highest BCUT2D eigenvalue weighted by Crippen LogP contribution is 2.29. The second-order valence-electron chi connectivity index (χ2n) is 4.72. The Morgan fingerprint density at radius 3 is 2.48 bits per heavy atom. The van der Waals surface area contributed by atoms with Gasteiger partial charge >= 0.3 is 5.97 Å². The molecule has 0 spiro atoms. The molecule has 21 heavy (non-hydrogen) atoms. The van der Waals surface area contributed by atoms with Crippen molar-refractivity contribution in [2.45, 2.75) is 6.92 Å². The SMILES string of the molecule is COC(=O)C(C)CNc1ccccc1Oc1ccccc1. The first-order valence-corrected chi connectivity index (χ1v) is 6.84. The van der Waals surface area contributed by atoms with Crippen molar-refractivity contribution in [1.82, 2.24) is 0 Å². The van der Waals surface area contributed by atoms with Crippen molar-refractivity contribution in [3.05, 3.63) is 54.6 Å². The molecule has 110 valence electrons. The number of anilines is 1. The molecule has 2 aromatic rings. The lowest BCUT2D eigenvalue weighted by Gasteiger charge is -2.15. The van der Waals surface area contributed by atoms with Gasteiger partial charge in [0.05, 0.1) is 18.7 Å². The Balaban J connectivity index is 2.05. The lowest BCUT2D eigenvalue weighted by molar-refractivity contribution is -0.144. The number of ether oxygens (including phenoxy) is 2. The fraction of sp³-hybridized carbons (Fsp3) is 0.235. The summed E-state index contributed by atoms with van der Waals surface area (Å²) in [6.07, 6.45) is 0. The van der Waals surface area contributed by atoms with E-state index in [-0.39, 0.29) is 11.9 Å². The number of carbonyl (C=O) groups is 1. The summed E-state index contributed by atoms with van der Waals surface area (Å²) in [6, 6.07) is 17.2. The van der Waals surface area contributed by atoms with E-state index in [0.29, 0.717) is 6.54 Å². The maximum atomic E-state index is 11.4. The summed E-state index contributed by atoms with van der Waals surface area (Å²) in [5.41, 5.74) is 0.845. The first kappa shape index (κ1) is 14.9. The molecule has 2 aromatic carbocycles. The van der Waals surface area contributed by atoms with Gasteiger partial charge in [-0.3, -0.25) is 4.79 Å². The monoisotopic (exact) mass is 285 g/mol. The molecule has 1 N–H and O–H groups in total. The zero-order valence-electron chi connectivity index (χ0n) is 12.2. The van der Waals surface area contributed by atoms with E-state index in [4.69, 9.17) is 9.47 Å². The Kier molecular flexibility index (Phi) is 5.21. The first-order chi connectivity index (χ1) is 10.2. The van der Waals surface area contributed by atoms with Gasteiger partial charge in [-0.2, -0.15) is 0 Å². The molecular formula is C17H19NO3. The normalized spacial score (nSPS) is 11.5. The van der Waals surface area contributed by atoms with Crippen LogP contribution < -0.4 is 10.1 Å². The molecule has 0 aliphatic rings. The molecule has 0 fully saturated rings. The van der Waals surface area contributed by atoms with Gasteiger partial charge in [-0.25, -0.2) is 0 Å². The molecule has 2 rings (SSSR count). The number of carbonyl (C=O) groups excluding carboxylic acids is 1. The van der Waals surface area contributed by atoms with Gasteiger partial charge in [-0.1, -0.05) is 37.3 Å². The number of hydrogen-bond acceptors (Lipinski definition) is 4. The summed E-state index contributed by atoms with van der Waals surface area (Å²) in [5.74, 6) is 1.04. The maximum absolute atomic E-state index is 11.4. The minimum atomic E-state index is -0.232. The smallest absolute Gasteiger partial charge is 0.310 e. The van der Waals surface area contributed by atoms with Crippen LogP contribution in [0.2, 0.25) is 0 Å². The van der Waals surface area contributed by atoms with Gasteiger partial charge in [0.1, 0.15) is 5.75 Å². The van der Waals surface area contributed by atoms with Gasteiger partial charge in [-0.05, 0) is 24.3 Å². The van der Waals surface area contributed by atoms with Crippen LogP contribution in [-0.4, -0.2) is 19.6 Å².